The smallest absolute Gasteiger partial charge is 0.261 e. The van der Waals surface area contributed by atoms with Crippen LogP contribution in [0.2, 0.25) is 0 Å². The molecule has 3 amide bonds. The Bertz CT molecular complexity index is 1060. The van der Waals surface area contributed by atoms with E-state index in [4.69, 9.17) is 4.42 Å². The maximum absolute atomic E-state index is 12.3. The number of nitrogens with zero attached hydrogens (tertiary/aromatic N) is 2. The first-order valence-electron chi connectivity index (χ1n) is 9.09. The number of benzene rings is 2. The van der Waals surface area contributed by atoms with Crippen molar-refractivity contribution < 1.29 is 18.8 Å². The number of oxazole rings is 1. The molecule has 2 heterocycles. The predicted octanol–water partition coefficient (Wildman–Crippen LogP) is 3.58. The lowest BCUT2D eigenvalue weighted by atomic mass is 10.1. The highest BCUT2D eigenvalue weighted by Crippen LogP contribution is 2.25. The Labute approximate surface area is 161 Å². The van der Waals surface area contributed by atoms with Crippen LogP contribution < -0.4 is 5.32 Å². The van der Waals surface area contributed by atoms with Crippen molar-refractivity contribution in [3.05, 3.63) is 59.5 Å². The Hall–Kier alpha value is -3.48. The van der Waals surface area contributed by atoms with Gasteiger partial charge in [0.25, 0.3) is 11.8 Å². The average Bonchev–Trinajstić information content (AvgIpc) is 3.20. The third-order valence-electron chi connectivity index (χ3n) is 4.62. The van der Waals surface area contributed by atoms with E-state index in [1.54, 1.807) is 42.5 Å². The molecular formula is C21H19N3O4. The van der Waals surface area contributed by atoms with E-state index in [2.05, 4.69) is 10.3 Å². The van der Waals surface area contributed by atoms with Crippen molar-refractivity contribution in [3.8, 4) is 0 Å². The number of amides is 3. The van der Waals surface area contributed by atoms with Gasteiger partial charge in [-0.15, -0.1) is 0 Å². The number of carbonyl (C=O) groups is 3. The third-order valence-corrected chi connectivity index (χ3v) is 4.62. The van der Waals surface area contributed by atoms with E-state index in [1.807, 2.05) is 13.8 Å². The lowest BCUT2D eigenvalue weighted by Gasteiger charge is -2.13. The van der Waals surface area contributed by atoms with Gasteiger partial charge in [-0.3, -0.25) is 19.3 Å². The van der Waals surface area contributed by atoms with Gasteiger partial charge in [0.2, 0.25) is 5.91 Å². The van der Waals surface area contributed by atoms with Gasteiger partial charge in [-0.1, -0.05) is 26.0 Å². The molecule has 1 aliphatic rings. The minimum Gasteiger partial charge on any atom is -0.440 e. The molecule has 7 nitrogen and oxygen atoms in total. The van der Waals surface area contributed by atoms with Crippen molar-refractivity contribution in [1.29, 1.82) is 0 Å². The number of nitrogens with one attached hydrogen (secondary N) is 1. The largest absolute Gasteiger partial charge is 0.440 e. The molecule has 142 valence electrons. The molecule has 0 radical (unpaired) electrons. The van der Waals surface area contributed by atoms with E-state index < -0.39 is 0 Å². The van der Waals surface area contributed by atoms with Gasteiger partial charge in [0, 0.05) is 30.6 Å². The summed E-state index contributed by atoms with van der Waals surface area (Å²) in [6, 6.07) is 11.9. The van der Waals surface area contributed by atoms with E-state index in [0.717, 1.165) is 10.4 Å². The Morgan fingerprint density at radius 1 is 1.11 bits per heavy atom. The topological polar surface area (TPSA) is 92.5 Å². The van der Waals surface area contributed by atoms with E-state index in [-0.39, 0.29) is 36.6 Å². The average molecular weight is 377 g/mol. The van der Waals surface area contributed by atoms with Crippen LogP contribution in [0.5, 0.6) is 0 Å². The van der Waals surface area contributed by atoms with Crippen molar-refractivity contribution in [2.75, 3.05) is 11.9 Å². The molecule has 2 aromatic carbocycles. The second kappa shape index (κ2) is 6.92. The Kier molecular flexibility index (Phi) is 4.43. The first-order chi connectivity index (χ1) is 13.4. The molecule has 0 unspecified atom stereocenters. The summed E-state index contributed by atoms with van der Waals surface area (Å²) in [6.45, 7) is 4.01. The lowest BCUT2D eigenvalue weighted by molar-refractivity contribution is -0.116. The summed E-state index contributed by atoms with van der Waals surface area (Å²) in [5.74, 6) is -0.205. The minimum absolute atomic E-state index is 0.0111. The van der Waals surface area contributed by atoms with Crippen LogP contribution in [0.1, 0.15) is 52.8 Å². The molecule has 1 N–H and O–H groups in total. The fraction of sp³-hybridized carbons (Fsp3) is 0.238. The zero-order valence-electron chi connectivity index (χ0n) is 15.6. The van der Waals surface area contributed by atoms with E-state index in [9.17, 15) is 14.4 Å². The molecule has 1 aromatic heterocycles. The van der Waals surface area contributed by atoms with Gasteiger partial charge < -0.3 is 9.73 Å². The van der Waals surface area contributed by atoms with Crippen LogP contribution in [0, 0.1) is 0 Å². The molecule has 0 fully saturated rings. The van der Waals surface area contributed by atoms with Gasteiger partial charge in [0.1, 0.15) is 5.52 Å². The molecule has 0 bridgehead atoms. The summed E-state index contributed by atoms with van der Waals surface area (Å²) >= 11 is 0. The molecular weight excluding hydrogens is 358 g/mol. The maximum Gasteiger partial charge on any atom is 0.261 e. The Balaban J connectivity index is 1.41. The second-order valence-electron chi connectivity index (χ2n) is 7.00. The first-order valence-corrected chi connectivity index (χ1v) is 9.09. The highest BCUT2D eigenvalue weighted by Gasteiger charge is 2.34. The number of hydrogen-bond acceptors (Lipinski definition) is 5. The summed E-state index contributed by atoms with van der Waals surface area (Å²) in [5.41, 5.74) is 2.66. The predicted molar refractivity (Wildman–Crippen MR) is 103 cm³/mol. The molecule has 0 spiro atoms. The number of rotatable bonds is 5. The van der Waals surface area contributed by atoms with Crippen molar-refractivity contribution in [1.82, 2.24) is 9.88 Å². The molecule has 1 aliphatic heterocycles. The molecule has 4 rings (SSSR count). The second-order valence-corrected chi connectivity index (χ2v) is 7.00. The summed E-state index contributed by atoms with van der Waals surface area (Å²) < 4.78 is 5.70. The molecule has 0 atom stereocenters. The van der Waals surface area contributed by atoms with E-state index in [0.29, 0.717) is 28.3 Å². The van der Waals surface area contributed by atoms with Gasteiger partial charge in [-0.2, -0.15) is 0 Å². The van der Waals surface area contributed by atoms with E-state index >= 15 is 0 Å². The number of aromatic nitrogens is 1. The van der Waals surface area contributed by atoms with Crippen LogP contribution in [0.4, 0.5) is 5.69 Å². The SMILES string of the molecule is CC(C)c1nc2ccc(NC(=O)CCN3C(=O)c4ccccc4C3=O)cc2o1. The van der Waals surface area contributed by atoms with Crippen LogP contribution >= 0.6 is 0 Å². The fourth-order valence-electron chi connectivity index (χ4n) is 3.15. The lowest BCUT2D eigenvalue weighted by Crippen LogP contribution is -2.32. The number of carbonyl (C=O) groups excluding carboxylic acids is 3. The fourth-order valence-corrected chi connectivity index (χ4v) is 3.15. The zero-order valence-corrected chi connectivity index (χ0v) is 15.6. The monoisotopic (exact) mass is 377 g/mol. The van der Waals surface area contributed by atoms with Crippen molar-refractivity contribution in [3.63, 3.8) is 0 Å². The van der Waals surface area contributed by atoms with Crippen LogP contribution in [-0.2, 0) is 4.79 Å². The van der Waals surface area contributed by atoms with E-state index in [1.165, 1.54) is 0 Å². The summed E-state index contributed by atoms with van der Waals surface area (Å²) in [4.78, 5) is 42.5. The standard InChI is InChI=1S/C21H19N3O4/c1-12(2)19-23-16-8-7-13(11-17(16)28-19)22-18(25)9-10-24-20(26)14-5-3-4-6-15(14)21(24)27/h3-8,11-12H,9-10H2,1-2H3,(H,22,25). The molecule has 0 aliphatic carbocycles. The number of anilines is 1. The van der Waals surface area contributed by atoms with Gasteiger partial charge in [0.15, 0.2) is 11.5 Å². The first kappa shape index (κ1) is 17.9. The number of fused-ring (bicyclic) bond motifs is 2. The summed E-state index contributed by atoms with van der Waals surface area (Å²) in [7, 11) is 0. The van der Waals surface area contributed by atoms with Gasteiger partial charge in [0.05, 0.1) is 11.1 Å². The molecule has 28 heavy (non-hydrogen) atoms. The third kappa shape index (κ3) is 3.15. The quantitative estimate of drug-likeness (QED) is 0.686. The zero-order chi connectivity index (χ0) is 19.8. The van der Waals surface area contributed by atoms with Gasteiger partial charge >= 0.3 is 0 Å². The minimum atomic E-state index is -0.363. The number of imide groups is 1. The molecule has 0 saturated carbocycles. The number of hydrogen-bond donors (Lipinski definition) is 1. The van der Waals surface area contributed by atoms with Crippen molar-refractivity contribution in [2.45, 2.75) is 26.2 Å². The van der Waals surface area contributed by atoms with Gasteiger partial charge in [-0.05, 0) is 24.3 Å². The van der Waals surface area contributed by atoms with Crippen molar-refractivity contribution in [2.24, 2.45) is 0 Å². The molecule has 7 heteroatoms. The van der Waals surface area contributed by atoms with Crippen LogP contribution in [-0.4, -0.2) is 34.2 Å². The Morgan fingerprint density at radius 2 is 1.79 bits per heavy atom. The highest BCUT2D eigenvalue weighted by atomic mass is 16.3. The van der Waals surface area contributed by atoms with Crippen LogP contribution in [0.25, 0.3) is 11.1 Å². The molecule has 3 aromatic rings. The summed E-state index contributed by atoms with van der Waals surface area (Å²) in [6.07, 6.45) is 0.0111. The Morgan fingerprint density at radius 3 is 2.43 bits per heavy atom. The van der Waals surface area contributed by atoms with Crippen LogP contribution in [0.3, 0.4) is 0 Å². The highest BCUT2D eigenvalue weighted by molar-refractivity contribution is 6.21. The molecule has 0 saturated heterocycles. The normalized spacial score (nSPS) is 13.5. The maximum atomic E-state index is 12.3. The van der Waals surface area contributed by atoms with Crippen LogP contribution in [0.15, 0.2) is 46.9 Å². The van der Waals surface area contributed by atoms with Gasteiger partial charge in [-0.25, -0.2) is 4.98 Å². The van der Waals surface area contributed by atoms with Crippen molar-refractivity contribution >= 4 is 34.5 Å². The summed E-state index contributed by atoms with van der Waals surface area (Å²) in [5, 5.41) is 2.77.